The third-order valence-electron chi connectivity index (χ3n) is 1.84. The lowest BCUT2D eigenvalue weighted by atomic mass is 10.3. The molecular formula is C10H15ClN2OS. The molecule has 15 heavy (non-hydrogen) atoms. The van der Waals surface area contributed by atoms with Crippen molar-refractivity contribution in [2.75, 3.05) is 11.5 Å². The van der Waals surface area contributed by atoms with Crippen molar-refractivity contribution in [1.82, 2.24) is 9.78 Å². The molecule has 0 spiro atoms. The highest BCUT2D eigenvalue weighted by Crippen LogP contribution is 2.17. The molecule has 1 aromatic rings. The van der Waals surface area contributed by atoms with E-state index in [9.17, 15) is 4.79 Å². The Hall–Kier alpha value is -0.480. The molecule has 0 fully saturated rings. The second-order valence-corrected chi connectivity index (χ2v) is 5.23. The van der Waals surface area contributed by atoms with Gasteiger partial charge < -0.3 is 0 Å². The molecule has 0 radical (unpaired) electrons. The van der Waals surface area contributed by atoms with Crippen LogP contribution in [0.25, 0.3) is 0 Å². The zero-order valence-corrected chi connectivity index (χ0v) is 10.7. The largest absolute Gasteiger partial charge is 0.291 e. The summed E-state index contributed by atoms with van der Waals surface area (Å²) in [6.45, 7) is 4.27. The molecule has 1 aromatic heterocycles. The molecule has 0 aliphatic heterocycles. The van der Waals surface area contributed by atoms with Gasteiger partial charge in [-0.2, -0.15) is 16.9 Å². The summed E-state index contributed by atoms with van der Waals surface area (Å²) in [5.74, 6) is 2.11. The molecule has 0 aliphatic carbocycles. The molecule has 0 N–H and O–H groups in total. The van der Waals surface area contributed by atoms with Gasteiger partial charge in [0.15, 0.2) is 5.78 Å². The van der Waals surface area contributed by atoms with Crippen LogP contribution in [0, 0.1) is 5.92 Å². The Morgan fingerprint density at radius 1 is 1.67 bits per heavy atom. The van der Waals surface area contributed by atoms with Gasteiger partial charge >= 0.3 is 0 Å². The molecule has 1 rings (SSSR count). The van der Waals surface area contributed by atoms with Gasteiger partial charge in [0.05, 0.1) is 17.0 Å². The van der Waals surface area contributed by atoms with Gasteiger partial charge in [-0.15, -0.1) is 0 Å². The summed E-state index contributed by atoms with van der Waals surface area (Å²) < 4.78 is 1.53. The van der Waals surface area contributed by atoms with E-state index >= 15 is 0 Å². The normalized spacial score (nSPS) is 11.0. The van der Waals surface area contributed by atoms with E-state index in [0.29, 0.717) is 22.4 Å². The van der Waals surface area contributed by atoms with Crippen LogP contribution >= 0.6 is 23.4 Å². The Morgan fingerprint density at radius 3 is 2.80 bits per heavy atom. The maximum absolute atomic E-state index is 11.8. The van der Waals surface area contributed by atoms with Crippen molar-refractivity contribution in [3.05, 3.63) is 16.9 Å². The van der Waals surface area contributed by atoms with Crippen LogP contribution < -0.4 is 0 Å². The number of aryl methyl sites for hydroxylation is 1. The number of hydrogen-bond acceptors (Lipinski definition) is 3. The molecule has 0 aliphatic rings. The molecule has 0 amide bonds. The molecule has 1 heterocycles. The van der Waals surface area contributed by atoms with Crippen molar-refractivity contribution in [3.8, 4) is 0 Å². The minimum absolute atomic E-state index is 0.0469. The van der Waals surface area contributed by atoms with E-state index in [4.69, 9.17) is 11.6 Å². The average molecular weight is 247 g/mol. The van der Waals surface area contributed by atoms with Crippen LogP contribution in [0.3, 0.4) is 0 Å². The number of rotatable bonds is 5. The molecule has 3 nitrogen and oxygen atoms in total. The molecular weight excluding hydrogens is 232 g/mol. The molecule has 0 atom stereocenters. The van der Waals surface area contributed by atoms with Gasteiger partial charge in [-0.05, 0) is 11.7 Å². The average Bonchev–Trinajstić information content (AvgIpc) is 2.45. The Morgan fingerprint density at radius 2 is 2.33 bits per heavy atom. The number of carbonyl (C=O) groups excluding carboxylic acids is 1. The second kappa shape index (κ2) is 5.56. The number of nitrogens with zero attached hydrogens (tertiary/aromatic N) is 2. The van der Waals surface area contributed by atoms with E-state index in [2.05, 4.69) is 18.9 Å². The van der Waals surface area contributed by atoms with E-state index in [1.54, 1.807) is 18.8 Å². The summed E-state index contributed by atoms with van der Waals surface area (Å²) in [5, 5.41) is 4.37. The predicted molar refractivity (Wildman–Crippen MR) is 64.7 cm³/mol. The fraction of sp³-hybridized carbons (Fsp3) is 0.600. The summed E-state index contributed by atoms with van der Waals surface area (Å²) in [4.78, 5) is 11.8. The van der Waals surface area contributed by atoms with Gasteiger partial charge in [-0.25, -0.2) is 0 Å². The number of Topliss-reactive ketones (excluding diaryl/α,β-unsaturated/α-hetero) is 1. The molecule has 0 bridgehead atoms. The lowest BCUT2D eigenvalue weighted by Crippen LogP contribution is -2.10. The first-order chi connectivity index (χ1) is 7.02. The standard InChI is InChI=1S/C10H15ClN2OS/c1-7(2)5-15-6-9(14)10-8(11)4-12-13(10)3/h4,7H,5-6H2,1-3H3. The van der Waals surface area contributed by atoms with E-state index in [0.717, 1.165) is 5.75 Å². The third kappa shape index (κ3) is 3.54. The number of hydrogen-bond donors (Lipinski definition) is 0. The van der Waals surface area contributed by atoms with Crippen molar-refractivity contribution in [2.45, 2.75) is 13.8 Å². The quantitative estimate of drug-likeness (QED) is 0.750. The first-order valence-electron chi connectivity index (χ1n) is 4.80. The Bertz CT molecular complexity index is 330. The van der Waals surface area contributed by atoms with Crippen molar-refractivity contribution in [2.24, 2.45) is 13.0 Å². The van der Waals surface area contributed by atoms with E-state index in [1.165, 1.54) is 10.9 Å². The number of ketones is 1. The van der Waals surface area contributed by atoms with Crippen molar-refractivity contribution in [3.63, 3.8) is 0 Å². The maximum atomic E-state index is 11.8. The summed E-state index contributed by atoms with van der Waals surface area (Å²) in [6.07, 6.45) is 1.50. The maximum Gasteiger partial charge on any atom is 0.192 e. The van der Waals surface area contributed by atoms with Crippen LogP contribution in [0.15, 0.2) is 6.20 Å². The summed E-state index contributed by atoms with van der Waals surface area (Å²) >= 11 is 7.50. The van der Waals surface area contributed by atoms with E-state index in [1.807, 2.05) is 0 Å². The predicted octanol–water partition coefficient (Wildman–Crippen LogP) is 2.65. The fourth-order valence-electron chi connectivity index (χ4n) is 1.18. The molecule has 0 saturated heterocycles. The van der Waals surface area contributed by atoms with Crippen LogP contribution in [-0.4, -0.2) is 27.1 Å². The second-order valence-electron chi connectivity index (χ2n) is 3.80. The van der Waals surface area contributed by atoms with Gasteiger partial charge in [0.2, 0.25) is 0 Å². The van der Waals surface area contributed by atoms with Crippen molar-refractivity contribution >= 4 is 29.1 Å². The number of carbonyl (C=O) groups is 1. The number of aromatic nitrogens is 2. The molecule has 84 valence electrons. The molecule has 0 unspecified atom stereocenters. The first-order valence-corrected chi connectivity index (χ1v) is 6.34. The Kier molecular flexibility index (Phi) is 4.67. The third-order valence-corrected chi connectivity index (χ3v) is 3.49. The lowest BCUT2D eigenvalue weighted by Gasteiger charge is -2.04. The van der Waals surface area contributed by atoms with Gasteiger partial charge in [-0.1, -0.05) is 25.4 Å². The smallest absolute Gasteiger partial charge is 0.192 e. The topological polar surface area (TPSA) is 34.9 Å². The summed E-state index contributed by atoms with van der Waals surface area (Å²) in [5.41, 5.74) is 0.507. The zero-order chi connectivity index (χ0) is 11.4. The monoisotopic (exact) mass is 246 g/mol. The SMILES string of the molecule is CC(C)CSCC(=O)c1c(Cl)cnn1C. The van der Waals surface area contributed by atoms with Crippen molar-refractivity contribution < 1.29 is 4.79 Å². The van der Waals surface area contributed by atoms with Crippen LogP contribution in [0.4, 0.5) is 0 Å². The highest BCUT2D eigenvalue weighted by Gasteiger charge is 2.15. The minimum atomic E-state index is 0.0469. The highest BCUT2D eigenvalue weighted by atomic mass is 35.5. The van der Waals surface area contributed by atoms with E-state index < -0.39 is 0 Å². The van der Waals surface area contributed by atoms with E-state index in [-0.39, 0.29) is 5.78 Å². The Balaban J connectivity index is 2.54. The summed E-state index contributed by atoms with van der Waals surface area (Å²) in [7, 11) is 1.73. The zero-order valence-electron chi connectivity index (χ0n) is 9.16. The van der Waals surface area contributed by atoms with Crippen molar-refractivity contribution in [1.29, 1.82) is 0 Å². The van der Waals surface area contributed by atoms with Gasteiger partial charge in [0.25, 0.3) is 0 Å². The van der Waals surface area contributed by atoms with Gasteiger partial charge in [0, 0.05) is 7.05 Å². The van der Waals surface area contributed by atoms with Gasteiger partial charge in [-0.3, -0.25) is 9.48 Å². The Labute approximate surface area is 99.2 Å². The van der Waals surface area contributed by atoms with Crippen LogP contribution in [0.5, 0.6) is 0 Å². The van der Waals surface area contributed by atoms with Crippen LogP contribution in [0.1, 0.15) is 24.3 Å². The highest BCUT2D eigenvalue weighted by molar-refractivity contribution is 7.99. The lowest BCUT2D eigenvalue weighted by molar-refractivity contribution is 0.101. The molecule has 0 aromatic carbocycles. The number of halogens is 1. The fourth-order valence-corrected chi connectivity index (χ4v) is 2.36. The minimum Gasteiger partial charge on any atom is -0.291 e. The van der Waals surface area contributed by atoms with Crippen LogP contribution in [-0.2, 0) is 7.05 Å². The number of thioether (sulfide) groups is 1. The van der Waals surface area contributed by atoms with Gasteiger partial charge in [0.1, 0.15) is 5.69 Å². The summed E-state index contributed by atoms with van der Waals surface area (Å²) in [6, 6.07) is 0. The molecule has 0 saturated carbocycles. The molecule has 5 heteroatoms. The first kappa shape index (κ1) is 12.6. The van der Waals surface area contributed by atoms with Crippen LogP contribution in [0.2, 0.25) is 5.02 Å².